The van der Waals surface area contributed by atoms with E-state index in [0.717, 1.165) is 5.56 Å². The Morgan fingerprint density at radius 3 is 2.53 bits per heavy atom. The van der Waals surface area contributed by atoms with Crippen LogP contribution in [0.25, 0.3) is 0 Å². The second-order valence-electron chi connectivity index (χ2n) is 4.25. The minimum Gasteiger partial charge on any atom is -0.364 e. The molecule has 0 saturated carbocycles. The molecule has 1 aliphatic heterocycles. The molecule has 1 heterocycles. The summed E-state index contributed by atoms with van der Waals surface area (Å²) in [7, 11) is -3.56. The van der Waals surface area contributed by atoms with Gasteiger partial charge in [0, 0.05) is 5.02 Å². The monoisotopic (exact) mass is 294 g/mol. The van der Waals surface area contributed by atoms with Gasteiger partial charge in [-0.05, 0) is 23.8 Å². The van der Waals surface area contributed by atoms with Gasteiger partial charge in [-0.3, -0.25) is 0 Å². The second-order valence-corrected chi connectivity index (χ2v) is 6.37. The highest BCUT2D eigenvalue weighted by molar-refractivity contribution is 7.89. The summed E-state index contributed by atoms with van der Waals surface area (Å²) >= 11 is 5.84. The third-order valence-corrected chi connectivity index (χ3v) is 4.64. The minimum absolute atomic E-state index is 0.173. The predicted molar refractivity (Wildman–Crippen MR) is 74.6 cm³/mol. The fourth-order valence-corrected chi connectivity index (χ4v) is 3.61. The summed E-state index contributed by atoms with van der Waals surface area (Å²) < 4.78 is 27.0. The first-order valence-electron chi connectivity index (χ1n) is 5.70. The average molecular weight is 295 g/mol. The molecule has 0 radical (unpaired) electrons. The molecule has 0 bridgehead atoms. The lowest BCUT2D eigenvalue weighted by molar-refractivity contribution is 0.562. The number of benzene rings is 2. The number of hydrogen-bond donors (Lipinski definition) is 2. The van der Waals surface area contributed by atoms with Crippen molar-refractivity contribution in [1.82, 2.24) is 4.72 Å². The lowest BCUT2D eigenvalue weighted by Crippen LogP contribution is -2.38. The summed E-state index contributed by atoms with van der Waals surface area (Å²) in [5.74, 6) is 0. The number of sulfonamides is 1. The van der Waals surface area contributed by atoms with E-state index in [2.05, 4.69) is 10.0 Å². The number of nitrogens with one attached hydrogen (secondary N) is 2. The number of anilines is 1. The van der Waals surface area contributed by atoms with Gasteiger partial charge in [-0.2, -0.15) is 4.72 Å². The van der Waals surface area contributed by atoms with Crippen LogP contribution in [0.3, 0.4) is 0 Å². The van der Waals surface area contributed by atoms with Crippen LogP contribution in [0.1, 0.15) is 11.7 Å². The highest BCUT2D eigenvalue weighted by atomic mass is 35.5. The van der Waals surface area contributed by atoms with Crippen LogP contribution in [0.15, 0.2) is 53.4 Å². The fourth-order valence-electron chi connectivity index (χ4n) is 2.04. The molecule has 0 amide bonds. The zero-order valence-electron chi connectivity index (χ0n) is 9.80. The first-order chi connectivity index (χ1) is 9.06. The summed E-state index contributed by atoms with van der Waals surface area (Å²) in [5.41, 5.74) is 1.41. The summed E-state index contributed by atoms with van der Waals surface area (Å²) in [5, 5.41) is 3.54. The van der Waals surface area contributed by atoms with Crippen molar-refractivity contribution in [2.24, 2.45) is 0 Å². The normalized spacial score (nSPS) is 20.4. The van der Waals surface area contributed by atoms with Crippen LogP contribution >= 0.6 is 11.6 Å². The van der Waals surface area contributed by atoms with Crippen LogP contribution < -0.4 is 10.0 Å². The van der Waals surface area contributed by atoms with E-state index in [1.165, 1.54) is 6.07 Å². The molecule has 0 saturated heterocycles. The molecule has 4 nitrogen and oxygen atoms in total. The van der Waals surface area contributed by atoms with Crippen molar-refractivity contribution in [1.29, 1.82) is 0 Å². The summed E-state index contributed by atoms with van der Waals surface area (Å²) in [6, 6.07) is 14.1. The number of hydrogen-bond acceptors (Lipinski definition) is 3. The molecule has 0 fully saturated rings. The van der Waals surface area contributed by atoms with E-state index in [9.17, 15) is 8.42 Å². The Hall–Kier alpha value is -1.56. The minimum atomic E-state index is -3.56. The van der Waals surface area contributed by atoms with Crippen LogP contribution in [0.4, 0.5) is 5.69 Å². The second kappa shape index (κ2) is 4.52. The Balaban J connectivity index is 2.07. The molecule has 0 aromatic heterocycles. The van der Waals surface area contributed by atoms with E-state index >= 15 is 0 Å². The van der Waals surface area contributed by atoms with Gasteiger partial charge in [-0.15, -0.1) is 0 Å². The van der Waals surface area contributed by atoms with Gasteiger partial charge in [-0.25, -0.2) is 8.42 Å². The van der Waals surface area contributed by atoms with Gasteiger partial charge in [-0.1, -0.05) is 41.9 Å². The van der Waals surface area contributed by atoms with Gasteiger partial charge in [0.2, 0.25) is 10.0 Å². The molecule has 0 unspecified atom stereocenters. The molecule has 0 aliphatic carbocycles. The van der Waals surface area contributed by atoms with Gasteiger partial charge >= 0.3 is 0 Å². The maximum atomic E-state index is 12.2. The highest BCUT2D eigenvalue weighted by Crippen LogP contribution is 2.32. The van der Waals surface area contributed by atoms with Crippen molar-refractivity contribution in [2.75, 3.05) is 5.32 Å². The van der Waals surface area contributed by atoms with Crippen LogP contribution in [0.2, 0.25) is 5.02 Å². The van der Waals surface area contributed by atoms with Crippen molar-refractivity contribution in [3.05, 3.63) is 59.1 Å². The van der Waals surface area contributed by atoms with Gasteiger partial charge in [0.1, 0.15) is 11.1 Å². The Morgan fingerprint density at radius 1 is 1.05 bits per heavy atom. The zero-order chi connectivity index (χ0) is 13.5. The van der Waals surface area contributed by atoms with Crippen LogP contribution in [-0.4, -0.2) is 8.42 Å². The number of rotatable bonds is 1. The van der Waals surface area contributed by atoms with Gasteiger partial charge in [0.25, 0.3) is 0 Å². The van der Waals surface area contributed by atoms with Crippen molar-refractivity contribution in [3.63, 3.8) is 0 Å². The first kappa shape index (κ1) is 12.5. The summed E-state index contributed by atoms with van der Waals surface area (Å²) in [4.78, 5) is 0.173. The highest BCUT2D eigenvalue weighted by Gasteiger charge is 2.29. The molecular formula is C13H11ClN2O2S. The number of halogens is 1. The van der Waals surface area contributed by atoms with E-state index in [-0.39, 0.29) is 4.90 Å². The van der Waals surface area contributed by atoms with Crippen LogP contribution in [0, 0.1) is 0 Å². The molecule has 19 heavy (non-hydrogen) atoms. The maximum Gasteiger partial charge on any atom is 0.244 e. The molecule has 1 atom stereocenters. The van der Waals surface area contributed by atoms with E-state index in [1.54, 1.807) is 12.1 Å². The molecule has 98 valence electrons. The summed E-state index contributed by atoms with van der Waals surface area (Å²) in [6.07, 6.45) is -0.472. The predicted octanol–water partition coefficient (Wildman–Crippen LogP) is 2.74. The van der Waals surface area contributed by atoms with Crippen LogP contribution in [-0.2, 0) is 10.0 Å². The van der Waals surface area contributed by atoms with Gasteiger partial charge in [0.15, 0.2) is 0 Å². The van der Waals surface area contributed by atoms with E-state index in [1.807, 2.05) is 30.3 Å². The topological polar surface area (TPSA) is 58.2 Å². The SMILES string of the molecule is O=S1(=O)N[C@@H](c2ccccc2)Nc2ccc(Cl)cc21. The van der Waals surface area contributed by atoms with Crippen LogP contribution in [0.5, 0.6) is 0 Å². The van der Waals surface area contributed by atoms with Gasteiger partial charge < -0.3 is 5.32 Å². The van der Waals surface area contributed by atoms with Gasteiger partial charge in [0.05, 0.1) is 5.69 Å². The molecule has 2 aromatic rings. The van der Waals surface area contributed by atoms with Crippen molar-refractivity contribution >= 4 is 27.3 Å². The quantitative estimate of drug-likeness (QED) is 0.850. The standard InChI is InChI=1S/C13H11ClN2O2S/c14-10-6-7-11-12(8-10)19(17,18)16-13(15-11)9-4-2-1-3-5-9/h1-8,13,15-16H/t13-/m0/s1. The Bertz CT molecular complexity index is 717. The van der Waals surface area contributed by atoms with Crippen molar-refractivity contribution in [3.8, 4) is 0 Å². The molecule has 2 aromatic carbocycles. The maximum absolute atomic E-state index is 12.2. The molecule has 0 spiro atoms. The number of fused-ring (bicyclic) bond motifs is 1. The first-order valence-corrected chi connectivity index (χ1v) is 7.56. The van der Waals surface area contributed by atoms with E-state index in [4.69, 9.17) is 11.6 Å². The molecular weight excluding hydrogens is 284 g/mol. The van der Waals surface area contributed by atoms with Crippen molar-refractivity contribution < 1.29 is 8.42 Å². The average Bonchev–Trinajstić information content (AvgIpc) is 2.40. The lowest BCUT2D eigenvalue weighted by atomic mass is 10.1. The largest absolute Gasteiger partial charge is 0.364 e. The Morgan fingerprint density at radius 2 is 1.79 bits per heavy atom. The molecule has 2 N–H and O–H groups in total. The lowest BCUT2D eigenvalue weighted by Gasteiger charge is -2.28. The zero-order valence-corrected chi connectivity index (χ0v) is 11.4. The summed E-state index contributed by atoms with van der Waals surface area (Å²) in [6.45, 7) is 0. The third-order valence-electron chi connectivity index (χ3n) is 2.94. The molecule has 3 rings (SSSR count). The van der Waals surface area contributed by atoms with Crippen molar-refractivity contribution in [2.45, 2.75) is 11.1 Å². The molecule has 1 aliphatic rings. The Labute approximate surface area is 116 Å². The van der Waals surface area contributed by atoms with E-state index < -0.39 is 16.2 Å². The smallest absolute Gasteiger partial charge is 0.244 e. The molecule has 6 heteroatoms. The third kappa shape index (κ3) is 2.32. The van der Waals surface area contributed by atoms with E-state index in [0.29, 0.717) is 10.7 Å². The fraction of sp³-hybridized carbons (Fsp3) is 0.0769. The Kier molecular flexibility index (Phi) is 2.97.